The Morgan fingerprint density at radius 3 is 1.75 bits per heavy atom. The van der Waals surface area contributed by atoms with Gasteiger partial charge in [0, 0.05) is 0 Å². The second kappa shape index (κ2) is 11.5. The molecule has 0 bridgehead atoms. The Labute approximate surface area is 196 Å². The fraction of sp³-hybridized carbons (Fsp3) is 0.438. The van der Waals surface area contributed by atoms with Crippen molar-refractivity contribution in [2.75, 3.05) is 0 Å². The highest BCUT2D eigenvalue weighted by Crippen LogP contribution is 2.34. The summed E-state index contributed by atoms with van der Waals surface area (Å²) < 4.78 is 0. The fourth-order valence-electron chi connectivity index (χ4n) is 5.54. The summed E-state index contributed by atoms with van der Waals surface area (Å²) in [5.41, 5.74) is 6.98. The molecule has 0 saturated heterocycles. The molecule has 1 aliphatic rings. The Balaban J connectivity index is 1.27. The topological polar surface area (TPSA) is 0 Å². The van der Waals surface area contributed by atoms with Gasteiger partial charge in [-0.3, -0.25) is 0 Å². The third kappa shape index (κ3) is 6.35. The van der Waals surface area contributed by atoms with E-state index in [1.807, 2.05) is 0 Å². The van der Waals surface area contributed by atoms with E-state index in [4.69, 9.17) is 0 Å². The van der Waals surface area contributed by atoms with E-state index in [1.54, 1.807) is 0 Å². The van der Waals surface area contributed by atoms with E-state index in [0.717, 1.165) is 18.3 Å². The van der Waals surface area contributed by atoms with Crippen LogP contribution in [0.3, 0.4) is 0 Å². The smallest absolute Gasteiger partial charge is 0.0150 e. The van der Waals surface area contributed by atoms with Crippen LogP contribution < -0.4 is 0 Å². The molecule has 0 heterocycles. The molecule has 0 unspecified atom stereocenters. The predicted molar refractivity (Wildman–Crippen MR) is 139 cm³/mol. The van der Waals surface area contributed by atoms with Gasteiger partial charge in [0.2, 0.25) is 0 Å². The minimum absolute atomic E-state index is 0.544. The van der Waals surface area contributed by atoms with E-state index < -0.39 is 0 Å². The highest BCUT2D eigenvalue weighted by molar-refractivity contribution is 5.64. The van der Waals surface area contributed by atoms with E-state index in [9.17, 15) is 0 Å². The van der Waals surface area contributed by atoms with Crippen molar-refractivity contribution in [3.05, 3.63) is 95.6 Å². The van der Waals surface area contributed by atoms with Gasteiger partial charge in [-0.2, -0.15) is 0 Å². The first kappa shape index (κ1) is 22.8. The Kier molecular flexibility index (Phi) is 8.21. The van der Waals surface area contributed by atoms with Crippen LogP contribution in [0.4, 0.5) is 0 Å². The van der Waals surface area contributed by atoms with Gasteiger partial charge in [-0.1, -0.05) is 131 Å². The molecule has 0 amide bonds. The Morgan fingerprint density at radius 2 is 1.19 bits per heavy atom. The maximum atomic E-state index is 2.35. The van der Waals surface area contributed by atoms with E-state index in [-0.39, 0.29) is 0 Å². The molecule has 0 radical (unpaired) electrons. The van der Waals surface area contributed by atoms with Crippen molar-refractivity contribution in [3.63, 3.8) is 0 Å². The molecule has 0 N–H and O–H groups in total. The van der Waals surface area contributed by atoms with Gasteiger partial charge in [-0.05, 0) is 64.8 Å². The van der Waals surface area contributed by atoms with E-state index >= 15 is 0 Å². The van der Waals surface area contributed by atoms with Gasteiger partial charge in [0.1, 0.15) is 0 Å². The first-order valence-corrected chi connectivity index (χ1v) is 12.9. The summed E-state index contributed by atoms with van der Waals surface area (Å²) in [6.45, 7) is 4.65. The lowest BCUT2D eigenvalue weighted by Crippen LogP contribution is -2.15. The summed E-state index contributed by atoms with van der Waals surface area (Å²) in [7, 11) is 0. The van der Waals surface area contributed by atoms with Gasteiger partial charge in [-0.25, -0.2) is 0 Å². The minimum atomic E-state index is 0.544. The van der Waals surface area contributed by atoms with Crippen LogP contribution in [0.5, 0.6) is 0 Å². The lowest BCUT2D eigenvalue weighted by Gasteiger charge is -2.28. The molecule has 4 rings (SSSR count). The van der Waals surface area contributed by atoms with Crippen molar-refractivity contribution in [3.8, 4) is 11.1 Å². The van der Waals surface area contributed by atoms with Crippen molar-refractivity contribution in [2.45, 2.75) is 77.6 Å². The molecular formula is C32H40. The van der Waals surface area contributed by atoms with Gasteiger partial charge >= 0.3 is 0 Å². The normalized spacial score (nSPS) is 19.6. The molecule has 168 valence electrons. The second-order valence-electron chi connectivity index (χ2n) is 10.1. The Hall–Kier alpha value is -2.34. The average molecular weight is 425 g/mol. The first-order chi connectivity index (χ1) is 15.7. The second-order valence-corrected chi connectivity index (χ2v) is 10.1. The number of aryl methyl sites for hydroxylation is 1. The summed E-state index contributed by atoms with van der Waals surface area (Å²) in [4.78, 5) is 0. The number of benzene rings is 3. The van der Waals surface area contributed by atoms with Crippen molar-refractivity contribution in [1.82, 2.24) is 0 Å². The van der Waals surface area contributed by atoms with E-state index in [0.29, 0.717) is 5.92 Å². The van der Waals surface area contributed by atoms with Crippen LogP contribution in [0.25, 0.3) is 11.1 Å². The van der Waals surface area contributed by atoms with Crippen molar-refractivity contribution in [2.24, 2.45) is 11.8 Å². The maximum Gasteiger partial charge on any atom is -0.0150 e. The summed E-state index contributed by atoms with van der Waals surface area (Å²) in [5, 5.41) is 0. The van der Waals surface area contributed by atoms with Crippen LogP contribution in [0.1, 0.15) is 81.4 Å². The highest BCUT2D eigenvalue weighted by Gasteiger charge is 2.20. The lowest BCUT2D eigenvalue weighted by molar-refractivity contribution is 0.252. The molecule has 1 atom stereocenters. The summed E-state index contributed by atoms with van der Waals surface area (Å²) >= 11 is 0. The van der Waals surface area contributed by atoms with Crippen LogP contribution in [0, 0.1) is 11.8 Å². The molecule has 32 heavy (non-hydrogen) atoms. The molecule has 0 spiro atoms. The largest absolute Gasteiger partial charge is 0.0654 e. The van der Waals surface area contributed by atoms with Gasteiger partial charge in [0.25, 0.3) is 0 Å². The molecule has 0 nitrogen and oxygen atoms in total. The summed E-state index contributed by atoms with van der Waals surface area (Å²) in [6, 6.07) is 29.3. The minimum Gasteiger partial charge on any atom is -0.0654 e. The van der Waals surface area contributed by atoms with Gasteiger partial charge in [-0.15, -0.1) is 0 Å². The number of rotatable bonds is 9. The molecule has 1 aliphatic carbocycles. The Morgan fingerprint density at radius 1 is 0.656 bits per heavy atom. The van der Waals surface area contributed by atoms with Crippen LogP contribution in [0.2, 0.25) is 0 Å². The zero-order valence-electron chi connectivity index (χ0n) is 20.1. The van der Waals surface area contributed by atoms with Crippen LogP contribution in [-0.2, 0) is 12.8 Å². The third-order valence-electron chi connectivity index (χ3n) is 7.66. The first-order valence-electron chi connectivity index (χ1n) is 12.9. The van der Waals surface area contributed by atoms with Gasteiger partial charge in [0.05, 0.1) is 0 Å². The van der Waals surface area contributed by atoms with Crippen molar-refractivity contribution < 1.29 is 0 Å². The third-order valence-corrected chi connectivity index (χ3v) is 7.66. The number of hydrogen-bond donors (Lipinski definition) is 0. The molecule has 0 aromatic heterocycles. The zero-order chi connectivity index (χ0) is 22.2. The molecule has 0 heteroatoms. The molecular weight excluding hydrogens is 384 g/mol. The standard InChI is InChI=1S/C32H40/c1-3-7-26-10-12-27(13-11-26)14-15-28-16-20-31(21-17-28)32-22-18-29(19-23-32)24-25(2)30-8-5-4-6-9-30/h4-6,8-9,16-23,25-27H,3,7,10-15,24H2,1-2H3/t25-,26?,27?/m1/s1. The molecule has 0 aliphatic heterocycles. The average Bonchev–Trinajstić information content (AvgIpc) is 2.85. The molecule has 1 saturated carbocycles. The number of hydrogen-bond acceptors (Lipinski definition) is 0. The predicted octanol–water partition coefficient (Wildman–Crippen LogP) is 9.24. The van der Waals surface area contributed by atoms with Crippen LogP contribution >= 0.6 is 0 Å². The quantitative estimate of drug-likeness (QED) is 0.321. The maximum absolute atomic E-state index is 2.35. The monoisotopic (exact) mass is 424 g/mol. The van der Waals surface area contributed by atoms with Gasteiger partial charge < -0.3 is 0 Å². The van der Waals surface area contributed by atoms with Crippen LogP contribution in [-0.4, -0.2) is 0 Å². The van der Waals surface area contributed by atoms with Gasteiger partial charge in [0.15, 0.2) is 0 Å². The zero-order valence-corrected chi connectivity index (χ0v) is 20.1. The molecule has 3 aromatic rings. The van der Waals surface area contributed by atoms with E-state index in [1.165, 1.54) is 79.2 Å². The SMILES string of the molecule is CCCC1CCC(CCc2ccc(-c3ccc(C[C@@H](C)c4ccccc4)cc3)cc2)CC1. The highest BCUT2D eigenvalue weighted by atomic mass is 14.3. The summed E-state index contributed by atoms with van der Waals surface area (Å²) in [5.74, 6) is 2.51. The van der Waals surface area contributed by atoms with Crippen molar-refractivity contribution in [1.29, 1.82) is 0 Å². The Bertz CT molecular complexity index is 912. The fourth-order valence-corrected chi connectivity index (χ4v) is 5.54. The molecule has 1 fully saturated rings. The lowest BCUT2D eigenvalue weighted by atomic mass is 9.78. The summed E-state index contributed by atoms with van der Waals surface area (Å²) in [6.07, 6.45) is 12.3. The van der Waals surface area contributed by atoms with E-state index in [2.05, 4.69) is 92.7 Å². The van der Waals surface area contributed by atoms with Crippen molar-refractivity contribution >= 4 is 0 Å². The molecule has 3 aromatic carbocycles. The van der Waals surface area contributed by atoms with Crippen LogP contribution in [0.15, 0.2) is 78.9 Å².